The van der Waals surface area contributed by atoms with E-state index in [0.29, 0.717) is 17.2 Å². The molecule has 0 unspecified atom stereocenters. The Balaban J connectivity index is 1.44. The van der Waals surface area contributed by atoms with Gasteiger partial charge in [-0.2, -0.15) is 0 Å². The summed E-state index contributed by atoms with van der Waals surface area (Å²) in [5, 5.41) is 0. The van der Waals surface area contributed by atoms with E-state index in [9.17, 15) is 9.59 Å². The van der Waals surface area contributed by atoms with Gasteiger partial charge in [-0.05, 0) is 62.7 Å². The average molecular weight is 306 g/mol. The molecule has 4 heteroatoms. The highest BCUT2D eigenvalue weighted by Crippen LogP contribution is 2.47. The van der Waals surface area contributed by atoms with E-state index in [-0.39, 0.29) is 5.91 Å². The van der Waals surface area contributed by atoms with Gasteiger partial charge in [0.15, 0.2) is 0 Å². The Morgan fingerprint density at radius 2 is 1.50 bits per heavy atom. The lowest BCUT2D eigenvalue weighted by Crippen LogP contribution is -2.44. The molecule has 3 aliphatic rings. The summed E-state index contributed by atoms with van der Waals surface area (Å²) in [5.41, 5.74) is 0.471. The van der Waals surface area contributed by atoms with Crippen molar-refractivity contribution in [1.29, 1.82) is 0 Å². The maximum absolute atomic E-state index is 12.3. The molecule has 4 nitrogen and oxygen atoms in total. The number of amides is 2. The van der Waals surface area contributed by atoms with E-state index >= 15 is 0 Å². The normalized spacial score (nSPS) is 25.7. The van der Waals surface area contributed by atoms with Crippen molar-refractivity contribution in [2.75, 3.05) is 26.2 Å². The number of carbonyl (C=O) groups is 2. The Kier molecular flexibility index (Phi) is 4.74. The first-order chi connectivity index (χ1) is 10.6. The Bertz CT molecular complexity index is 411. The van der Waals surface area contributed by atoms with Gasteiger partial charge in [0.25, 0.3) is 0 Å². The molecule has 1 aliphatic carbocycles. The number of carbonyl (C=O) groups excluding carboxylic acids is 2. The molecule has 0 atom stereocenters. The van der Waals surface area contributed by atoms with E-state index in [1.54, 1.807) is 6.92 Å². The number of hydrogen-bond acceptors (Lipinski definition) is 2. The van der Waals surface area contributed by atoms with Gasteiger partial charge in [0.2, 0.25) is 11.8 Å². The molecule has 2 amide bonds. The van der Waals surface area contributed by atoms with Gasteiger partial charge in [-0.1, -0.05) is 0 Å². The van der Waals surface area contributed by atoms with Crippen LogP contribution < -0.4 is 0 Å². The smallest absolute Gasteiger partial charge is 0.222 e. The van der Waals surface area contributed by atoms with E-state index in [1.165, 1.54) is 51.4 Å². The fraction of sp³-hybridized carbons (Fsp3) is 0.889. The second-order valence-electron chi connectivity index (χ2n) is 7.74. The lowest BCUT2D eigenvalue weighted by molar-refractivity contribution is -0.133. The summed E-state index contributed by atoms with van der Waals surface area (Å²) < 4.78 is 0. The Labute approximate surface area is 134 Å². The SMILES string of the molecule is CC(=O)N1CCC2(CCC(CC(=O)N3CCCC3)CC2)CC1. The molecule has 0 aromatic heterocycles. The molecule has 1 spiro atoms. The minimum atomic E-state index is 0.222. The van der Waals surface area contributed by atoms with Gasteiger partial charge in [0.05, 0.1) is 0 Å². The maximum Gasteiger partial charge on any atom is 0.222 e. The number of piperidine rings is 1. The van der Waals surface area contributed by atoms with Crippen molar-refractivity contribution in [3.63, 3.8) is 0 Å². The summed E-state index contributed by atoms with van der Waals surface area (Å²) in [6.45, 7) is 5.52. The molecular weight excluding hydrogens is 276 g/mol. The van der Waals surface area contributed by atoms with E-state index < -0.39 is 0 Å². The number of nitrogens with zero attached hydrogens (tertiary/aromatic N) is 2. The van der Waals surface area contributed by atoms with Gasteiger partial charge in [-0.15, -0.1) is 0 Å². The highest BCUT2D eigenvalue weighted by atomic mass is 16.2. The summed E-state index contributed by atoms with van der Waals surface area (Å²) >= 11 is 0. The summed E-state index contributed by atoms with van der Waals surface area (Å²) in [6, 6.07) is 0. The summed E-state index contributed by atoms with van der Waals surface area (Å²) in [6.07, 6.45) is 10.4. The van der Waals surface area contributed by atoms with Gasteiger partial charge < -0.3 is 9.80 Å². The monoisotopic (exact) mass is 306 g/mol. The van der Waals surface area contributed by atoms with E-state index in [0.717, 1.165) is 32.6 Å². The van der Waals surface area contributed by atoms with Crippen LogP contribution in [-0.2, 0) is 9.59 Å². The van der Waals surface area contributed by atoms with Crippen LogP contribution in [0.5, 0.6) is 0 Å². The molecule has 0 radical (unpaired) electrons. The molecule has 0 aromatic rings. The van der Waals surface area contributed by atoms with E-state index in [4.69, 9.17) is 0 Å². The van der Waals surface area contributed by atoms with Crippen molar-refractivity contribution < 1.29 is 9.59 Å². The number of hydrogen-bond donors (Lipinski definition) is 0. The van der Waals surface area contributed by atoms with Gasteiger partial charge in [0, 0.05) is 39.5 Å². The highest BCUT2D eigenvalue weighted by Gasteiger charge is 2.39. The lowest BCUT2D eigenvalue weighted by Gasteiger charge is -2.46. The molecule has 3 fully saturated rings. The van der Waals surface area contributed by atoms with Crippen molar-refractivity contribution in [2.45, 2.75) is 64.7 Å². The topological polar surface area (TPSA) is 40.6 Å². The quantitative estimate of drug-likeness (QED) is 0.787. The largest absolute Gasteiger partial charge is 0.343 e. The summed E-state index contributed by atoms with van der Waals surface area (Å²) in [5.74, 6) is 1.22. The van der Waals surface area contributed by atoms with Crippen LogP contribution in [0.1, 0.15) is 64.7 Å². The summed E-state index contributed by atoms with van der Waals surface area (Å²) in [4.78, 5) is 27.8. The Morgan fingerprint density at radius 3 is 2.05 bits per heavy atom. The molecule has 22 heavy (non-hydrogen) atoms. The Hall–Kier alpha value is -1.06. The molecule has 0 bridgehead atoms. The molecule has 0 N–H and O–H groups in total. The van der Waals surface area contributed by atoms with Crippen LogP contribution in [0.3, 0.4) is 0 Å². The second-order valence-corrected chi connectivity index (χ2v) is 7.74. The molecule has 1 saturated carbocycles. The van der Waals surface area contributed by atoms with Crippen molar-refractivity contribution in [3.8, 4) is 0 Å². The van der Waals surface area contributed by atoms with Crippen LogP contribution in [0.4, 0.5) is 0 Å². The van der Waals surface area contributed by atoms with Crippen molar-refractivity contribution in [3.05, 3.63) is 0 Å². The zero-order chi connectivity index (χ0) is 15.6. The van der Waals surface area contributed by atoms with Gasteiger partial charge in [-0.3, -0.25) is 9.59 Å². The van der Waals surface area contributed by atoms with Crippen LogP contribution in [0.25, 0.3) is 0 Å². The van der Waals surface area contributed by atoms with Crippen LogP contribution in [0, 0.1) is 11.3 Å². The minimum absolute atomic E-state index is 0.222. The fourth-order valence-corrected chi connectivity index (χ4v) is 4.63. The summed E-state index contributed by atoms with van der Waals surface area (Å²) in [7, 11) is 0. The third-order valence-corrected chi connectivity index (χ3v) is 6.36. The maximum atomic E-state index is 12.3. The number of rotatable bonds is 2. The van der Waals surface area contributed by atoms with Crippen LogP contribution in [0.2, 0.25) is 0 Å². The molecule has 2 aliphatic heterocycles. The van der Waals surface area contributed by atoms with E-state index in [2.05, 4.69) is 4.90 Å². The molecule has 0 aromatic carbocycles. The first-order valence-electron chi connectivity index (χ1n) is 9.11. The fourth-order valence-electron chi connectivity index (χ4n) is 4.63. The van der Waals surface area contributed by atoms with Crippen molar-refractivity contribution in [2.24, 2.45) is 11.3 Å². The van der Waals surface area contributed by atoms with Crippen LogP contribution >= 0.6 is 0 Å². The number of likely N-dealkylation sites (tertiary alicyclic amines) is 2. The van der Waals surface area contributed by atoms with Gasteiger partial charge in [0.1, 0.15) is 0 Å². The molecule has 2 saturated heterocycles. The van der Waals surface area contributed by atoms with Gasteiger partial charge in [-0.25, -0.2) is 0 Å². The minimum Gasteiger partial charge on any atom is -0.343 e. The standard InChI is InChI=1S/C18H30N2O2/c1-15(21)19-12-8-18(9-13-19)6-4-16(5-7-18)14-17(22)20-10-2-3-11-20/h16H,2-14H2,1H3. The first kappa shape index (κ1) is 15.8. The predicted octanol–water partition coefficient (Wildman–Crippen LogP) is 2.82. The third-order valence-electron chi connectivity index (χ3n) is 6.36. The van der Waals surface area contributed by atoms with Crippen LogP contribution in [0.15, 0.2) is 0 Å². The highest BCUT2D eigenvalue weighted by molar-refractivity contribution is 5.76. The molecule has 2 heterocycles. The van der Waals surface area contributed by atoms with Crippen molar-refractivity contribution in [1.82, 2.24) is 9.80 Å². The average Bonchev–Trinajstić information content (AvgIpc) is 3.05. The zero-order valence-corrected chi connectivity index (χ0v) is 14.0. The van der Waals surface area contributed by atoms with E-state index in [1.807, 2.05) is 4.90 Å². The Morgan fingerprint density at radius 1 is 0.909 bits per heavy atom. The zero-order valence-electron chi connectivity index (χ0n) is 14.0. The third kappa shape index (κ3) is 3.47. The van der Waals surface area contributed by atoms with Crippen LogP contribution in [-0.4, -0.2) is 47.8 Å². The van der Waals surface area contributed by atoms with Gasteiger partial charge >= 0.3 is 0 Å². The molecule has 124 valence electrons. The molecular formula is C18H30N2O2. The van der Waals surface area contributed by atoms with Crippen molar-refractivity contribution >= 4 is 11.8 Å². The predicted molar refractivity (Wildman–Crippen MR) is 86.3 cm³/mol. The second kappa shape index (κ2) is 6.59. The lowest BCUT2D eigenvalue weighted by atomic mass is 9.65. The molecule has 3 rings (SSSR count). The first-order valence-corrected chi connectivity index (χ1v) is 9.11.